The third-order valence-corrected chi connectivity index (χ3v) is 5.79. The average Bonchev–Trinajstić information content (AvgIpc) is 2.53. The molecule has 1 aliphatic heterocycles. The third-order valence-electron chi connectivity index (χ3n) is 3.96. The van der Waals surface area contributed by atoms with Crippen LogP contribution in [-0.2, 0) is 19.6 Å². The molecule has 1 aromatic carbocycles. The molecule has 2 rings (SSSR count). The maximum atomic E-state index is 14.0. The average molecular weight is 359 g/mol. The molecule has 1 heterocycles. The fraction of sp³-hybridized carbons (Fsp3) is 0.467. The zero-order valence-electron chi connectivity index (χ0n) is 13.2. The summed E-state index contributed by atoms with van der Waals surface area (Å²) in [5, 5.41) is 9.15. The Morgan fingerprint density at radius 3 is 2.54 bits per heavy atom. The molecule has 1 aromatic rings. The van der Waals surface area contributed by atoms with Gasteiger partial charge >= 0.3 is 11.9 Å². The molecule has 0 aromatic heterocycles. The van der Waals surface area contributed by atoms with Gasteiger partial charge in [0.15, 0.2) is 0 Å². The van der Waals surface area contributed by atoms with Gasteiger partial charge < -0.3 is 9.84 Å². The van der Waals surface area contributed by atoms with Crippen molar-refractivity contribution in [2.75, 3.05) is 20.2 Å². The zero-order chi connectivity index (χ0) is 18.1. The molecule has 2 unspecified atom stereocenters. The molecule has 24 heavy (non-hydrogen) atoms. The van der Waals surface area contributed by atoms with Crippen molar-refractivity contribution >= 4 is 22.0 Å². The normalized spacial score (nSPS) is 22.1. The number of aliphatic carboxylic acids is 1. The molecule has 0 amide bonds. The van der Waals surface area contributed by atoms with Gasteiger partial charge in [0, 0.05) is 13.1 Å². The Labute approximate surface area is 139 Å². The van der Waals surface area contributed by atoms with Gasteiger partial charge in [-0.25, -0.2) is 17.6 Å². The molecule has 9 heteroatoms. The Morgan fingerprint density at radius 2 is 2.00 bits per heavy atom. The minimum atomic E-state index is -4.06. The first-order valence-electron chi connectivity index (χ1n) is 7.27. The van der Waals surface area contributed by atoms with Gasteiger partial charge in [-0.15, -0.1) is 0 Å². The van der Waals surface area contributed by atoms with E-state index in [1.54, 1.807) is 6.92 Å². The number of benzene rings is 1. The number of ether oxygens (including phenoxy) is 1. The number of esters is 1. The number of piperidine rings is 1. The van der Waals surface area contributed by atoms with E-state index in [0.717, 1.165) is 29.6 Å². The van der Waals surface area contributed by atoms with Gasteiger partial charge in [0.05, 0.1) is 23.5 Å². The molecule has 0 saturated carbocycles. The Balaban J connectivity index is 2.34. The molecule has 0 radical (unpaired) electrons. The summed E-state index contributed by atoms with van der Waals surface area (Å²) in [5.41, 5.74) is -0.369. The van der Waals surface area contributed by atoms with Crippen LogP contribution in [0.15, 0.2) is 23.1 Å². The van der Waals surface area contributed by atoms with Crippen LogP contribution in [0, 0.1) is 17.7 Å². The van der Waals surface area contributed by atoms with Crippen LogP contribution in [0.25, 0.3) is 0 Å². The number of nitrogens with zero attached hydrogens (tertiary/aromatic N) is 1. The van der Waals surface area contributed by atoms with Crippen molar-refractivity contribution in [3.63, 3.8) is 0 Å². The number of carbonyl (C=O) groups is 2. The van der Waals surface area contributed by atoms with Crippen molar-refractivity contribution < 1.29 is 32.2 Å². The second kappa shape index (κ2) is 6.86. The van der Waals surface area contributed by atoms with Crippen molar-refractivity contribution in [3.8, 4) is 0 Å². The lowest BCUT2D eigenvalue weighted by Crippen LogP contribution is -2.45. The fourth-order valence-corrected chi connectivity index (χ4v) is 4.38. The Hall–Kier alpha value is -2.00. The van der Waals surface area contributed by atoms with Gasteiger partial charge in [-0.05, 0) is 30.5 Å². The van der Waals surface area contributed by atoms with Crippen LogP contribution < -0.4 is 0 Å². The maximum absolute atomic E-state index is 14.0. The number of carbonyl (C=O) groups excluding carboxylic acids is 1. The third kappa shape index (κ3) is 3.57. The highest BCUT2D eigenvalue weighted by Gasteiger charge is 2.36. The van der Waals surface area contributed by atoms with Crippen LogP contribution in [0.3, 0.4) is 0 Å². The smallest absolute Gasteiger partial charge is 0.340 e. The van der Waals surface area contributed by atoms with E-state index in [1.807, 2.05) is 0 Å². The number of carboxylic acid groups (broad SMARTS) is 1. The molecule has 7 nitrogen and oxygen atoms in total. The Bertz CT molecular complexity index is 763. The van der Waals surface area contributed by atoms with E-state index in [0.29, 0.717) is 6.42 Å². The number of methoxy groups -OCH3 is 1. The molecule has 1 fully saturated rings. The Kier molecular flexibility index (Phi) is 5.24. The highest BCUT2D eigenvalue weighted by Crippen LogP contribution is 2.28. The molecule has 2 atom stereocenters. The summed E-state index contributed by atoms with van der Waals surface area (Å²) in [4.78, 5) is 22.2. The number of hydrogen-bond donors (Lipinski definition) is 1. The van der Waals surface area contributed by atoms with E-state index in [1.165, 1.54) is 0 Å². The quantitative estimate of drug-likeness (QED) is 0.814. The monoisotopic (exact) mass is 359 g/mol. The van der Waals surface area contributed by atoms with Crippen LogP contribution in [0.2, 0.25) is 0 Å². The molecule has 0 bridgehead atoms. The molecule has 1 aliphatic rings. The lowest BCUT2D eigenvalue weighted by Gasteiger charge is -2.33. The lowest BCUT2D eigenvalue weighted by molar-refractivity contribution is -0.143. The van der Waals surface area contributed by atoms with E-state index in [4.69, 9.17) is 5.11 Å². The lowest BCUT2D eigenvalue weighted by atomic mass is 9.92. The molecule has 0 spiro atoms. The zero-order valence-corrected chi connectivity index (χ0v) is 14.0. The summed E-state index contributed by atoms with van der Waals surface area (Å²) in [5.74, 6) is -3.91. The summed E-state index contributed by atoms with van der Waals surface area (Å²) in [6.07, 6.45) is 0.386. The molecular formula is C15H18FNO6S. The van der Waals surface area contributed by atoms with Crippen LogP contribution in [-0.4, -0.2) is 50.0 Å². The maximum Gasteiger partial charge on any atom is 0.340 e. The first kappa shape index (κ1) is 18.3. The molecular weight excluding hydrogens is 341 g/mol. The second-order valence-corrected chi connectivity index (χ2v) is 7.77. The predicted molar refractivity (Wildman–Crippen MR) is 81.4 cm³/mol. The van der Waals surface area contributed by atoms with Gasteiger partial charge in [0.1, 0.15) is 5.82 Å². The van der Waals surface area contributed by atoms with Gasteiger partial charge in [0.25, 0.3) is 0 Å². The van der Waals surface area contributed by atoms with Crippen LogP contribution in [0.5, 0.6) is 0 Å². The minimum Gasteiger partial charge on any atom is -0.481 e. The summed E-state index contributed by atoms with van der Waals surface area (Å²) in [7, 11) is -2.96. The van der Waals surface area contributed by atoms with E-state index in [-0.39, 0.29) is 29.5 Å². The van der Waals surface area contributed by atoms with Crippen LogP contribution in [0.4, 0.5) is 4.39 Å². The first-order valence-corrected chi connectivity index (χ1v) is 8.71. The summed E-state index contributed by atoms with van der Waals surface area (Å²) in [6.45, 7) is 1.76. The van der Waals surface area contributed by atoms with E-state index in [2.05, 4.69) is 4.74 Å². The van der Waals surface area contributed by atoms with E-state index in [9.17, 15) is 22.4 Å². The number of halogens is 1. The van der Waals surface area contributed by atoms with Crippen LogP contribution in [0.1, 0.15) is 23.7 Å². The van der Waals surface area contributed by atoms with Crippen molar-refractivity contribution in [2.45, 2.75) is 18.2 Å². The molecule has 1 N–H and O–H groups in total. The second-order valence-electron chi connectivity index (χ2n) is 5.83. The molecule has 0 aliphatic carbocycles. The van der Waals surface area contributed by atoms with Gasteiger partial charge in [-0.1, -0.05) is 6.92 Å². The topological polar surface area (TPSA) is 101 Å². The number of rotatable bonds is 4. The number of hydrogen-bond acceptors (Lipinski definition) is 5. The summed E-state index contributed by atoms with van der Waals surface area (Å²) >= 11 is 0. The predicted octanol–water partition coefficient (Wildman–Crippen LogP) is 1.34. The SMILES string of the molecule is COC(=O)c1ccc(S(=O)(=O)N2CC(C)CC(C(=O)O)C2)cc1F. The van der Waals surface area contributed by atoms with Crippen molar-refractivity contribution in [3.05, 3.63) is 29.6 Å². The number of sulfonamides is 1. The highest BCUT2D eigenvalue weighted by atomic mass is 32.2. The van der Waals surface area contributed by atoms with Gasteiger partial charge in [-0.2, -0.15) is 4.31 Å². The molecule has 132 valence electrons. The van der Waals surface area contributed by atoms with Crippen LogP contribution >= 0.6 is 0 Å². The largest absolute Gasteiger partial charge is 0.481 e. The fourth-order valence-electron chi connectivity index (χ4n) is 2.76. The first-order chi connectivity index (χ1) is 11.2. The minimum absolute atomic E-state index is 0.131. The van der Waals surface area contributed by atoms with Crippen molar-refractivity contribution in [1.29, 1.82) is 0 Å². The Morgan fingerprint density at radius 1 is 1.33 bits per heavy atom. The highest BCUT2D eigenvalue weighted by molar-refractivity contribution is 7.89. The summed E-state index contributed by atoms with van der Waals surface area (Å²) in [6, 6.07) is 2.90. The summed E-state index contributed by atoms with van der Waals surface area (Å²) < 4.78 is 44.8. The number of carboxylic acids is 1. The van der Waals surface area contributed by atoms with Gasteiger partial charge in [0.2, 0.25) is 10.0 Å². The van der Waals surface area contributed by atoms with E-state index >= 15 is 0 Å². The molecule has 1 saturated heterocycles. The van der Waals surface area contributed by atoms with E-state index < -0.39 is 33.7 Å². The van der Waals surface area contributed by atoms with Crippen molar-refractivity contribution in [1.82, 2.24) is 4.31 Å². The standard InChI is InChI=1S/C15H18FNO6S/c1-9-5-10(14(18)19)8-17(7-9)24(21,22)11-3-4-12(13(16)6-11)15(20)23-2/h3-4,6,9-10H,5,7-8H2,1-2H3,(H,18,19). The van der Waals surface area contributed by atoms with Gasteiger partial charge in [-0.3, -0.25) is 4.79 Å². The van der Waals surface area contributed by atoms with Crippen molar-refractivity contribution in [2.24, 2.45) is 11.8 Å².